The average Bonchev–Trinajstić information content (AvgIpc) is 2.33. The molecule has 0 nitrogen and oxygen atoms in total. The van der Waals surface area contributed by atoms with Crippen molar-refractivity contribution in [2.75, 3.05) is 0 Å². The van der Waals surface area contributed by atoms with Gasteiger partial charge in [-0.05, 0) is 0 Å². The van der Waals surface area contributed by atoms with Crippen LogP contribution in [0.2, 0.25) is 0 Å². The smallest absolute Gasteiger partial charge is 1.00 e. The second kappa shape index (κ2) is 3.65. The maximum atomic E-state index is 3.25. The minimum absolute atomic E-state index is 0. The van der Waals surface area contributed by atoms with Crippen molar-refractivity contribution in [3.63, 3.8) is 0 Å². The van der Waals surface area contributed by atoms with E-state index in [1.165, 1.54) is 15.2 Å². The van der Waals surface area contributed by atoms with Gasteiger partial charge in [0, 0.05) is 0 Å². The van der Waals surface area contributed by atoms with Crippen LogP contribution in [0.3, 0.4) is 0 Å². The zero-order valence-electron chi connectivity index (χ0n) is 6.72. The van der Waals surface area contributed by atoms with E-state index in [0.717, 1.165) is 0 Å². The molecule has 1 aromatic heterocycles. The fraction of sp³-hybridized carbons (Fsp3) is 0.111. The third kappa shape index (κ3) is 1.81. The van der Waals surface area contributed by atoms with Gasteiger partial charge in [-0.2, -0.15) is 0 Å². The Morgan fingerprint density at radius 3 is 3.00 bits per heavy atom. The molecule has 0 amide bonds. The summed E-state index contributed by atoms with van der Waals surface area (Å²) >= 11 is 0.489. The Hall–Kier alpha value is 0.0769. The van der Waals surface area contributed by atoms with Crippen molar-refractivity contribution in [2.45, 2.75) is 6.92 Å². The van der Waals surface area contributed by atoms with E-state index in [0.29, 0.717) is 14.5 Å². The number of aryl methyl sites for hydroxylation is 1. The maximum Gasteiger partial charge on any atom is 1.00 e. The van der Waals surface area contributed by atoms with Gasteiger partial charge in [-0.25, -0.2) is 0 Å². The molecule has 0 spiro atoms. The Bertz CT molecular complexity index is 351. The Morgan fingerprint density at radius 1 is 1.36 bits per heavy atom. The van der Waals surface area contributed by atoms with Crippen molar-refractivity contribution in [1.29, 1.82) is 0 Å². The summed E-state index contributed by atoms with van der Waals surface area (Å²) in [4.78, 5) is 3.25. The summed E-state index contributed by atoms with van der Waals surface area (Å²) < 4.78 is 1.47. The summed E-state index contributed by atoms with van der Waals surface area (Å²) in [6, 6.07) is 8.70. The summed E-state index contributed by atoms with van der Waals surface area (Å²) in [5.41, 5.74) is 1.34. The summed E-state index contributed by atoms with van der Waals surface area (Å²) in [6.07, 6.45) is 0. The van der Waals surface area contributed by atoms with E-state index in [1.54, 1.807) is 0 Å². The Kier molecular flexibility index (Phi) is 3.04. The summed E-state index contributed by atoms with van der Waals surface area (Å²) in [7, 11) is 0. The Morgan fingerprint density at radius 2 is 2.18 bits per heavy atom. The van der Waals surface area contributed by atoms with Gasteiger partial charge >= 0.3 is 84.7 Å². The van der Waals surface area contributed by atoms with Gasteiger partial charge in [0.2, 0.25) is 0 Å². The topological polar surface area (TPSA) is 0 Å². The van der Waals surface area contributed by atoms with Gasteiger partial charge in [-0.3, -0.25) is 0 Å². The second-order valence-electron chi connectivity index (χ2n) is 2.41. The summed E-state index contributed by atoms with van der Waals surface area (Å²) in [6.45, 7) is 2.12. The molecule has 0 N–H and O–H groups in total. The van der Waals surface area contributed by atoms with Crippen LogP contribution < -0.4 is 18.9 Å². The molecule has 0 saturated heterocycles. The Labute approximate surface area is 84.5 Å². The first-order chi connectivity index (χ1) is 4.86. The Balaban J connectivity index is 0.000000605. The number of hydrogen-bond acceptors (Lipinski definition) is 0. The molecule has 0 bridgehead atoms. The predicted octanol–water partition coefficient (Wildman–Crippen LogP) is -0.991. The maximum absolute atomic E-state index is 3.25. The van der Waals surface area contributed by atoms with Gasteiger partial charge < -0.3 is 0 Å². The monoisotopic (exact) mass is 202 g/mol. The van der Waals surface area contributed by atoms with Crippen molar-refractivity contribution in [2.24, 2.45) is 0 Å². The minimum Gasteiger partial charge on any atom is 1.00 e. The van der Waals surface area contributed by atoms with Gasteiger partial charge in [0.1, 0.15) is 0 Å². The van der Waals surface area contributed by atoms with Gasteiger partial charge in [-0.1, -0.05) is 0 Å². The van der Waals surface area contributed by atoms with E-state index in [2.05, 4.69) is 36.1 Å². The van der Waals surface area contributed by atoms with Crippen molar-refractivity contribution >= 4 is 24.1 Å². The van der Waals surface area contributed by atoms with Crippen LogP contribution in [0.4, 0.5) is 0 Å². The third-order valence-corrected chi connectivity index (χ3v) is 3.28. The average molecular weight is 201 g/mol. The first-order valence-corrected chi connectivity index (χ1v) is 4.94. The van der Waals surface area contributed by atoms with Crippen LogP contribution in [0.5, 0.6) is 0 Å². The first-order valence-electron chi connectivity index (χ1n) is 3.22. The van der Waals surface area contributed by atoms with Crippen LogP contribution in [0.25, 0.3) is 9.65 Å². The van der Waals surface area contributed by atoms with E-state index >= 15 is 0 Å². The quantitative estimate of drug-likeness (QED) is 0.379. The molecule has 0 radical (unpaired) electrons. The van der Waals surface area contributed by atoms with Crippen LogP contribution in [-0.4, -0.2) is 14.5 Å². The van der Waals surface area contributed by atoms with Gasteiger partial charge in [-0.15, -0.1) is 0 Å². The van der Waals surface area contributed by atoms with Gasteiger partial charge in [0.15, 0.2) is 0 Å². The van der Waals surface area contributed by atoms with Gasteiger partial charge in [0.05, 0.1) is 0 Å². The third-order valence-electron chi connectivity index (χ3n) is 1.55. The summed E-state index contributed by atoms with van der Waals surface area (Å²) in [5.74, 6) is 0. The number of rotatable bonds is 0. The van der Waals surface area contributed by atoms with Crippen molar-refractivity contribution < 1.29 is 18.9 Å². The van der Waals surface area contributed by atoms with E-state index in [1.807, 2.05) is 0 Å². The fourth-order valence-corrected chi connectivity index (χ4v) is 2.47. The molecule has 0 fully saturated rings. The SMILES string of the molecule is Cc1ccc2[se][c-]cc2c1.[Li+]. The molecule has 2 rings (SSSR count). The molecule has 1 aromatic carbocycles. The largest absolute Gasteiger partial charge is 1.00 e. The molecule has 2 heteroatoms. The standard InChI is InChI=1S/C9H7Se.Li/c1-7-2-3-9-8(6-7)4-5-10-9;/h2-4,6H,1H3;/q-1;+1. The molecular formula is C9H7LiSe. The molecule has 2 aromatic rings. The normalized spacial score (nSPS) is 9.55. The van der Waals surface area contributed by atoms with Crippen LogP contribution in [0.15, 0.2) is 24.3 Å². The zero-order chi connectivity index (χ0) is 6.97. The number of fused-ring (bicyclic) bond motifs is 1. The van der Waals surface area contributed by atoms with Crippen molar-refractivity contribution in [3.8, 4) is 0 Å². The van der Waals surface area contributed by atoms with Crippen molar-refractivity contribution in [1.82, 2.24) is 0 Å². The van der Waals surface area contributed by atoms with Crippen LogP contribution in [-0.2, 0) is 0 Å². The molecule has 0 unspecified atom stereocenters. The molecule has 50 valence electrons. The molecule has 11 heavy (non-hydrogen) atoms. The molecule has 0 aliphatic rings. The van der Waals surface area contributed by atoms with E-state index in [-0.39, 0.29) is 18.9 Å². The molecule has 0 aliphatic heterocycles. The van der Waals surface area contributed by atoms with Crippen LogP contribution in [0.1, 0.15) is 5.56 Å². The predicted molar refractivity (Wildman–Crippen MR) is 44.5 cm³/mol. The first kappa shape index (κ1) is 9.17. The minimum atomic E-state index is 0. The van der Waals surface area contributed by atoms with Crippen LogP contribution in [0, 0.1) is 11.9 Å². The molecule has 0 aliphatic carbocycles. The zero-order valence-corrected chi connectivity index (χ0v) is 8.43. The van der Waals surface area contributed by atoms with Crippen LogP contribution >= 0.6 is 0 Å². The summed E-state index contributed by atoms with van der Waals surface area (Å²) in [5, 5.41) is 1.38. The number of hydrogen-bond donors (Lipinski definition) is 0. The second-order valence-corrected chi connectivity index (χ2v) is 4.25. The van der Waals surface area contributed by atoms with E-state index < -0.39 is 0 Å². The molecule has 0 saturated carbocycles. The van der Waals surface area contributed by atoms with Gasteiger partial charge in [0.25, 0.3) is 0 Å². The molecule has 1 heterocycles. The number of benzene rings is 1. The van der Waals surface area contributed by atoms with E-state index in [9.17, 15) is 0 Å². The van der Waals surface area contributed by atoms with E-state index in [4.69, 9.17) is 0 Å². The fourth-order valence-electron chi connectivity index (χ4n) is 1.03. The van der Waals surface area contributed by atoms with Crippen molar-refractivity contribution in [3.05, 3.63) is 34.8 Å². The molecule has 0 atom stereocenters. The molecular weight excluding hydrogens is 194 g/mol.